The van der Waals surface area contributed by atoms with Gasteiger partial charge in [-0.25, -0.2) is 4.79 Å². The van der Waals surface area contributed by atoms with Crippen LogP contribution in [-0.2, 0) is 17.8 Å². The molecule has 154 valence electrons. The third-order valence-corrected chi connectivity index (χ3v) is 6.36. The molecule has 0 spiro atoms. The Kier molecular flexibility index (Phi) is 4.66. The number of aromatic carboxylic acids is 1. The number of benzene rings is 2. The van der Waals surface area contributed by atoms with Gasteiger partial charge < -0.3 is 20.3 Å². The van der Waals surface area contributed by atoms with Gasteiger partial charge in [-0.1, -0.05) is 23.7 Å². The number of amides is 1. The van der Waals surface area contributed by atoms with Crippen LogP contribution in [0.15, 0.2) is 36.4 Å². The van der Waals surface area contributed by atoms with Crippen LogP contribution in [-0.4, -0.2) is 34.6 Å². The third-order valence-electron chi connectivity index (χ3n) is 6.13. The highest BCUT2D eigenvalue weighted by Crippen LogP contribution is 2.38. The first-order valence-corrected chi connectivity index (χ1v) is 10.6. The van der Waals surface area contributed by atoms with E-state index < -0.39 is 11.9 Å². The molecule has 1 amide bonds. The highest BCUT2D eigenvalue weighted by molar-refractivity contribution is 6.31. The summed E-state index contributed by atoms with van der Waals surface area (Å²) >= 11 is 6.27. The first kappa shape index (κ1) is 19.0. The van der Waals surface area contributed by atoms with E-state index in [0.29, 0.717) is 30.1 Å². The molecule has 0 bridgehead atoms. The van der Waals surface area contributed by atoms with Gasteiger partial charge in [0.2, 0.25) is 5.91 Å². The molecule has 1 aromatic heterocycles. The fraction of sp³-hybridized carbons (Fsp3) is 0.304. The van der Waals surface area contributed by atoms with E-state index in [0.717, 1.165) is 41.5 Å². The fourth-order valence-electron chi connectivity index (χ4n) is 4.77. The molecule has 3 heterocycles. The number of hydrogen-bond donors (Lipinski definition) is 3. The van der Waals surface area contributed by atoms with Crippen LogP contribution in [0.1, 0.15) is 45.9 Å². The fourth-order valence-corrected chi connectivity index (χ4v) is 4.94. The van der Waals surface area contributed by atoms with E-state index in [1.54, 1.807) is 12.1 Å². The normalized spacial score (nSPS) is 18.2. The van der Waals surface area contributed by atoms with Crippen LogP contribution < -0.4 is 10.6 Å². The number of nitrogens with one attached hydrogen (secondary N) is 2. The lowest BCUT2D eigenvalue weighted by molar-refractivity contribution is -0.123. The summed E-state index contributed by atoms with van der Waals surface area (Å²) in [6.45, 7) is 1.95. The van der Waals surface area contributed by atoms with Crippen LogP contribution in [0.5, 0.6) is 0 Å². The Hall–Kier alpha value is -2.99. The average Bonchev–Trinajstić information content (AvgIpc) is 3.30. The predicted octanol–water partition coefficient (Wildman–Crippen LogP) is 4.00. The molecule has 0 aliphatic carbocycles. The molecule has 1 atom stereocenters. The molecule has 3 aromatic rings. The van der Waals surface area contributed by atoms with Gasteiger partial charge in [0.1, 0.15) is 5.69 Å². The lowest BCUT2D eigenvalue weighted by Gasteiger charge is -2.22. The maximum absolute atomic E-state index is 12.6. The number of carbonyl (C=O) groups excluding carboxylic acids is 1. The van der Waals surface area contributed by atoms with E-state index >= 15 is 0 Å². The lowest BCUT2D eigenvalue weighted by atomic mass is 9.88. The molecule has 1 saturated heterocycles. The summed E-state index contributed by atoms with van der Waals surface area (Å²) in [5, 5.41) is 17.7. The minimum absolute atomic E-state index is 0.121. The number of anilines is 1. The molecule has 2 aliphatic heterocycles. The predicted molar refractivity (Wildman–Crippen MR) is 117 cm³/mol. The first-order valence-electron chi connectivity index (χ1n) is 10.2. The van der Waals surface area contributed by atoms with Crippen molar-refractivity contribution in [2.24, 2.45) is 0 Å². The van der Waals surface area contributed by atoms with E-state index in [2.05, 4.69) is 22.8 Å². The van der Waals surface area contributed by atoms with Crippen molar-refractivity contribution < 1.29 is 14.7 Å². The van der Waals surface area contributed by atoms with Crippen molar-refractivity contribution in [3.05, 3.63) is 63.8 Å². The second-order valence-electron chi connectivity index (χ2n) is 7.97. The number of piperidine rings is 1. The highest BCUT2D eigenvalue weighted by atomic mass is 35.5. The van der Waals surface area contributed by atoms with E-state index in [9.17, 15) is 14.7 Å². The van der Waals surface area contributed by atoms with Crippen LogP contribution in [0, 0.1) is 0 Å². The van der Waals surface area contributed by atoms with Crippen LogP contribution in [0.2, 0.25) is 5.02 Å². The zero-order valence-corrected chi connectivity index (χ0v) is 17.1. The highest BCUT2D eigenvalue weighted by Gasteiger charge is 2.33. The average molecular weight is 424 g/mol. The zero-order valence-electron chi connectivity index (χ0n) is 16.4. The summed E-state index contributed by atoms with van der Waals surface area (Å²) in [5.41, 5.74) is 4.91. The maximum atomic E-state index is 12.6. The summed E-state index contributed by atoms with van der Waals surface area (Å²) in [6.07, 6.45) is 2.45. The number of fused-ring (bicyclic) bond motifs is 2. The Morgan fingerprint density at radius 3 is 2.83 bits per heavy atom. The van der Waals surface area contributed by atoms with Crippen LogP contribution in [0.3, 0.4) is 0 Å². The van der Waals surface area contributed by atoms with E-state index in [-0.39, 0.29) is 11.6 Å². The third kappa shape index (κ3) is 3.12. The number of rotatable bonds is 4. The van der Waals surface area contributed by atoms with Crippen molar-refractivity contribution in [3.8, 4) is 0 Å². The first-order chi connectivity index (χ1) is 14.5. The molecule has 1 fully saturated rings. The molecule has 0 radical (unpaired) electrons. The number of halogens is 1. The maximum Gasteiger partial charge on any atom is 0.352 e. The molecular formula is C23H22ClN3O3. The SMILES string of the molecule is O=C(O)c1c(C2CCCNC2=O)c2cc(Cl)ccc2n1Cc1ccc2c(c1)NCC2. The van der Waals surface area contributed by atoms with Crippen LogP contribution in [0.4, 0.5) is 5.69 Å². The molecule has 2 aromatic carbocycles. The molecule has 5 rings (SSSR count). The molecule has 2 aliphatic rings. The van der Waals surface area contributed by atoms with Gasteiger partial charge in [-0.2, -0.15) is 0 Å². The number of carbonyl (C=O) groups is 2. The number of nitrogens with zero attached hydrogens (tertiary/aromatic N) is 1. The van der Waals surface area contributed by atoms with Gasteiger partial charge in [0.05, 0.1) is 5.92 Å². The molecule has 0 saturated carbocycles. The van der Waals surface area contributed by atoms with Gasteiger partial charge in [0, 0.05) is 46.8 Å². The summed E-state index contributed by atoms with van der Waals surface area (Å²) in [4.78, 5) is 25.1. The van der Waals surface area contributed by atoms with E-state index in [1.165, 1.54) is 5.56 Å². The van der Waals surface area contributed by atoms with Crippen molar-refractivity contribution in [1.82, 2.24) is 9.88 Å². The minimum atomic E-state index is -1.03. The van der Waals surface area contributed by atoms with Gasteiger partial charge in [-0.15, -0.1) is 0 Å². The summed E-state index contributed by atoms with van der Waals surface area (Å²) in [6, 6.07) is 11.6. The van der Waals surface area contributed by atoms with Crippen molar-refractivity contribution >= 4 is 40.1 Å². The van der Waals surface area contributed by atoms with Crippen molar-refractivity contribution in [1.29, 1.82) is 0 Å². The molecule has 7 heteroatoms. The van der Waals surface area contributed by atoms with Gasteiger partial charge >= 0.3 is 5.97 Å². The summed E-state index contributed by atoms with van der Waals surface area (Å²) in [7, 11) is 0. The molecule has 1 unspecified atom stereocenters. The summed E-state index contributed by atoms with van der Waals surface area (Å²) in [5.74, 6) is -1.65. The Morgan fingerprint density at radius 2 is 2.03 bits per heavy atom. The molecule has 6 nitrogen and oxygen atoms in total. The van der Waals surface area contributed by atoms with Crippen LogP contribution in [0.25, 0.3) is 10.9 Å². The molecule has 30 heavy (non-hydrogen) atoms. The number of carboxylic acid groups (broad SMARTS) is 1. The Bertz CT molecular complexity index is 1180. The van der Waals surface area contributed by atoms with Gasteiger partial charge in [0.15, 0.2) is 0 Å². The van der Waals surface area contributed by atoms with Crippen LogP contribution >= 0.6 is 11.6 Å². The smallest absolute Gasteiger partial charge is 0.352 e. The van der Waals surface area contributed by atoms with Gasteiger partial charge in [-0.3, -0.25) is 4.79 Å². The largest absolute Gasteiger partial charge is 0.477 e. The number of aromatic nitrogens is 1. The number of hydrogen-bond acceptors (Lipinski definition) is 3. The van der Waals surface area contributed by atoms with Gasteiger partial charge in [-0.05, 0) is 54.7 Å². The second kappa shape index (κ2) is 7.36. The van der Waals surface area contributed by atoms with Gasteiger partial charge in [0.25, 0.3) is 0 Å². The Balaban J connectivity index is 1.70. The topological polar surface area (TPSA) is 83.4 Å². The zero-order chi connectivity index (χ0) is 20.8. The Labute approximate surface area is 178 Å². The standard InChI is InChI=1S/C23H22ClN3O3/c24-15-5-6-19-17(11-15)20(16-2-1-8-26-22(16)28)21(23(29)30)27(19)12-13-3-4-14-7-9-25-18(14)10-13/h3-6,10-11,16,25H,1-2,7-9,12H2,(H,26,28)(H,29,30). The molecular weight excluding hydrogens is 402 g/mol. The quantitative estimate of drug-likeness (QED) is 0.592. The monoisotopic (exact) mass is 423 g/mol. The van der Waals surface area contributed by atoms with E-state index in [4.69, 9.17) is 11.6 Å². The Morgan fingerprint density at radius 1 is 1.17 bits per heavy atom. The number of carboxylic acids is 1. The molecule has 3 N–H and O–H groups in total. The minimum Gasteiger partial charge on any atom is -0.477 e. The lowest BCUT2D eigenvalue weighted by Crippen LogP contribution is -2.35. The van der Waals surface area contributed by atoms with Crippen molar-refractivity contribution in [3.63, 3.8) is 0 Å². The van der Waals surface area contributed by atoms with E-state index in [1.807, 2.05) is 16.7 Å². The van der Waals surface area contributed by atoms with Crippen molar-refractivity contribution in [2.75, 3.05) is 18.4 Å². The van der Waals surface area contributed by atoms with Crippen molar-refractivity contribution in [2.45, 2.75) is 31.7 Å². The summed E-state index contributed by atoms with van der Waals surface area (Å²) < 4.78 is 1.81. The second-order valence-corrected chi connectivity index (χ2v) is 8.41.